The van der Waals surface area contributed by atoms with Crippen LogP contribution in [-0.2, 0) is 4.84 Å². The average Bonchev–Trinajstić information content (AvgIpc) is 2.59. The zero-order chi connectivity index (χ0) is 12.4. The van der Waals surface area contributed by atoms with Crippen LogP contribution in [-0.4, -0.2) is 13.2 Å². The molecule has 1 aliphatic rings. The third-order valence-corrected chi connectivity index (χ3v) is 3.24. The fraction of sp³-hybridized carbons (Fsp3) is 0.571. The third-order valence-electron chi connectivity index (χ3n) is 3.24. The standard InChI is InChI=1S/C14H21NO2/c1-5-6-12-13(15-16-4)11-8-9(2)7-10(3)14(11)17-12/h7-8,12-13,15H,5-6H2,1-4H3. The van der Waals surface area contributed by atoms with Crippen LogP contribution in [0.1, 0.15) is 42.5 Å². The molecule has 0 saturated heterocycles. The van der Waals surface area contributed by atoms with Crippen LogP contribution in [0.3, 0.4) is 0 Å². The molecule has 1 N–H and O–H groups in total. The number of ether oxygens (including phenoxy) is 1. The summed E-state index contributed by atoms with van der Waals surface area (Å²) in [5, 5.41) is 0. The van der Waals surface area contributed by atoms with Gasteiger partial charge in [0.25, 0.3) is 0 Å². The van der Waals surface area contributed by atoms with Crippen LogP contribution in [0.15, 0.2) is 12.1 Å². The van der Waals surface area contributed by atoms with Gasteiger partial charge in [0, 0.05) is 5.56 Å². The Balaban J connectivity index is 2.35. The van der Waals surface area contributed by atoms with E-state index in [1.165, 1.54) is 16.7 Å². The molecular weight excluding hydrogens is 214 g/mol. The van der Waals surface area contributed by atoms with Gasteiger partial charge in [-0.15, -0.1) is 0 Å². The highest BCUT2D eigenvalue weighted by Gasteiger charge is 2.34. The minimum Gasteiger partial charge on any atom is -0.488 e. The van der Waals surface area contributed by atoms with Gasteiger partial charge in [-0.2, -0.15) is 5.48 Å². The van der Waals surface area contributed by atoms with E-state index in [-0.39, 0.29) is 12.1 Å². The summed E-state index contributed by atoms with van der Waals surface area (Å²) in [7, 11) is 1.66. The second-order valence-corrected chi connectivity index (χ2v) is 4.74. The molecule has 0 aromatic heterocycles. The molecule has 1 heterocycles. The molecule has 1 aromatic rings. The predicted octanol–water partition coefficient (Wildman–Crippen LogP) is 3.06. The van der Waals surface area contributed by atoms with Crippen LogP contribution < -0.4 is 10.2 Å². The molecule has 3 heteroatoms. The molecule has 1 aliphatic heterocycles. The lowest BCUT2D eigenvalue weighted by Crippen LogP contribution is -2.30. The van der Waals surface area contributed by atoms with Gasteiger partial charge in [0.05, 0.1) is 13.2 Å². The van der Waals surface area contributed by atoms with Crippen molar-refractivity contribution in [3.63, 3.8) is 0 Å². The van der Waals surface area contributed by atoms with Crippen molar-refractivity contribution in [2.75, 3.05) is 7.11 Å². The lowest BCUT2D eigenvalue weighted by Gasteiger charge is -2.18. The fourth-order valence-electron chi connectivity index (χ4n) is 2.58. The Kier molecular flexibility index (Phi) is 3.69. The molecule has 3 nitrogen and oxygen atoms in total. The largest absolute Gasteiger partial charge is 0.488 e. The first kappa shape index (κ1) is 12.4. The molecule has 1 aromatic carbocycles. The molecule has 0 aliphatic carbocycles. The van der Waals surface area contributed by atoms with E-state index in [1.54, 1.807) is 7.11 Å². The predicted molar refractivity (Wildman–Crippen MR) is 68.1 cm³/mol. The van der Waals surface area contributed by atoms with Crippen molar-refractivity contribution in [3.8, 4) is 5.75 Å². The van der Waals surface area contributed by atoms with E-state index in [9.17, 15) is 0 Å². The third kappa shape index (κ3) is 2.31. The summed E-state index contributed by atoms with van der Waals surface area (Å²) >= 11 is 0. The zero-order valence-electron chi connectivity index (χ0n) is 11.0. The van der Waals surface area contributed by atoms with E-state index < -0.39 is 0 Å². The van der Waals surface area contributed by atoms with Crippen molar-refractivity contribution in [1.29, 1.82) is 0 Å². The van der Waals surface area contributed by atoms with Gasteiger partial charge < -0.3 is 9.57 Å². The normalized spacial score (nSPS) is 22.4. The van der Waals surface area contributed by atoms with Gasteiger partial charge in [0.1, 0.15) is 11.9 Å². The maximum absolute atomic E-state index is 6.06. The second-order valence-electron chi connectivity index (χ2n) is 4.74. The second kappa shape index (κ2) is 5.07. The SMILES string of the molecule is CCCC1Oc2c(C)cc(C)cc2C1NOC. The molecule has 2 atom stereocenters. The van der Waals surface area contributed by atoms with Crippen LogP contribution in [0.4, 0.5) is 0 Å². The lowest BCUT2D eigenvalue weighted by atomic mass is 9.98. The average molecular weight is 235 g/mol. The quantitative estimate of drug-likeness (QED) is 0.814. The maximum atomic E-state index is 6.06. The smallest absolute Gasteiger partial charge is 0.127 e. The number of benzene rings is 1. The van der Waals surface area contributed by atoms with E-state index in [0.717, 1.165) is 18.6 Å². The van der Waals surface area contributed by atoms with E-state index in [2.05, 4.69) is 38.4 Å². The lowest BCUT2D eigenvalue weighted by molar-refractivity contribution is 0.0268. The van der Waals surface area contributed by atoms with Crippen LogP contribution in [0.25, 0.3) is 0 Å². The molecular formula is C14H21NO2. The molecule has 2 unspecified atom stereocenters. The first-order valence-electron chi connectivity index (χ1n) is 6.23. The summed E-state index contributed by atoms with van der Waals surface area (Å²) in [4.78, 5) is 5.11. The summed E-state index contributed by atoms with van der Waals surface area (Å²) in [6.45, 7) is 6.39. The van der Waals surface area contributed by atoms with E-state index >= 15 is 0 Å². The first-order valence-corrected chi connectivity index (χ1v) is 6.23. The fourth-order valence-corrected chi connectivity index (χ4v) is 2.58. The molecule has 94 valence electrons. The highest BCUT2D eigenvalue weighted by Crippen LogP contribution is 2.41. The highest BCUT2D eigenvalue weighted by molar-refractivity contribution is 5.48. The van der Waals surface area contributed by atoms with E-state index in [1.807, 2.05) is 0 Å². The molecule has 0 bridgehead atoms. The summed E-state index contributed by atoms with van der Waals surface area (Å²) in [5.74, 6) is 1.03. The summed E-state index contributed by atoms with van der Waals surface area (Å²) in [6, 6.07) is 4.50. The summed E-state index contributed by atoms with van der Waals surface area (Å²) < 4.78 is 6.06. The van der Waals surface area contributed by atoms with Crippen LogP contribution in [0, 0.1) is 13.8 Å². The van der Waals surface area contributed by atoms with Crippen molar-refractivity contribution < 1.29 is 9.57 Å². The monoisotopic (exact) mass is 235 g/mol. The van der Waals surface area contributed by atoms with Crippen molar-refractivity contribution in [1.82, 2.24) is 5.48 Å². The molecule has 0 amide bonds. The van der Waals surface area contributed by atoms with Gasteiger partial charge in [-0.05, 0) is 25.8 Å². The molecule has 0 radical (unpaired) electrons. The number of hydrogen-bond acceptors (Lipinski definition) is 3. The number of fused-ring (bicyclic) bond motifs is 1. The topological polar surface area (TPSA) is 30.5 Å². The maximum Gasteiger partial charge on any atom is 0.127 e. The Bertz CT molecular complexity index is 403. The molecule has 0 spiro atoms. The number of rotatable bonds is 4. The number of hydroxylamine groups is 1. The van der Waals surface area contributed by atoms with E-state index in [0.29, 0.717) is 0 Å². The minimum absolute atomic E-state index is 0.147. The van der Waals surface area contributed by atoms with Gasteiger partial charge in [-0.1, -0.05) is 31.0 Å². The molecule has 17 heavy (non-hydrogen) atoms. The van der Waals surface area contributed by atoms with Gasteiger partial charge >= 0.3 is 0 Å². The zero-order valence-corrected chi connectivity index (χ0v) is 11.0. The van der Waals surface area contributed by atoms with Gasteiger partial charge in [-0.25, -0.2) is 0 Å². The summed E-state index contributed by atoms with van der Waals surface area (Å²) in [5.41, 5.74) is 6.77. The van der Waals surface area contributed by atoms with Crippen molar-refractivity contribution in [3.05, 3.63) is 28.8 Å². The summed E-state index contributed by atoms with van der Waals surface area (Å²) in [6.07, 6.45) is 2.32. The van der Waals surface area contributed by atoms with Crippen LogP contribution in [0.5, 0.6) is 5.75 Å². The first-order chi connectivity index (χ1) is 8.17. The Morgan fingerprint density at radius 1 is 1.35 bits per heavy atom. The van der Waals surface area contributed by atoms with Crippen LogP contribution >= 0.6 is 0 Å². The number of aryl methyl sites for hydroxylation is 2. The van der Waals surface area contributed by atoms with Crippen LogP contribution in [0.2, 0.25) is 0 Å². The number of nitrogens with one attached hydrogen (secondary N) is 1. The Morgan fingerprint density at radius 2 is 2.12 bits per heavy atom. The number of hydrogen-bond donors (Lipinski definition) is 1. The van der Waals surface area contributed by atoms with Gasteiger partial charge in [-0.3, -0.25) is 0 Å². The Morgan fingerprint density at radius 3 is 2.76 bits per heavy atom. The van der Waals surface area contributed by atoms with E-state index in [4.69, 9.17) is 9.57 Å². The molecule has 2 rings (SSSR count). The van der Waals surface area contributed by atoms with Crippen molar-refractivity contribution >= 4 is 0 Å². The highest BCUT2D eigenvalue weighted by atomic mass is 16.6. The Labute approximate surface area is 103 Å². The molecule has 0 saturated carbocycles. The van der Waals surface area contributed by atoms with Crippen molar-refractivity contribution in [2.24, 2.45) is 0 Å². The van der Waals surface area contributed by atoms with Gasteiger partial charge in [0.2, 0.25) is 0 Å². The van der Waals surface area contributed by atoms with Crippen molar-refractivity contribution in [2.45, 2.75) is 45.8 Å². The Hall–Kier alpha value is -1.06. The minimum atomic E-state index is 0.147. The molecule has 0 fully saturated rings. The van der Waals surface area contributed by atoms with Gasteiger partial charge in [0.15, 0.2) is 0 Å².